The highest BCUT2D eigenvalue weighted by molar-refractivity contribution is 9.10. The van der Waals surface area contributed by atoms with Gasteiger partial charge in [0.1, 0.15) is 17.9 Å². The third-order valence-corrected chi connectivity index (χ3v) is 3.10. The van der Waals surface area contributed by atoms with Crippen LogP contribution in [0.3, 0.4) is 0 Å². The summed E-state index contributed by atoms with van der Waals surface area (Å²) in [5.41, 5.74) is 0.118. The fourth-order valence-electron chi connectivity index (χ4n) is 1.49. The Kier molecular flexibility index (Phi) is 9.00. The molecule has 1 rings (SSSR count). The predicted molar refractivity (Wildman–Crippen MR) is 80.1 cm³/mol. The quantitative estimate of drug-likeness (QED) is 0.608. The molecular formula is C14H19BrO6. The average Bonchev–Trinajstić information content (AvgIpc) is 2.46. The van der Waals surface area contributed by atoms with Crippen molar-refractivity contribution in [2.75, 3.05) is 46.8 Å². The van der Waals surface area contributed by atoms with E-state index in [1.807, 2.05) is 0 Å². The molecule has 118 valence electrons. The van der Waals surface area contributed by atoms with Gasteiger partial charge in [0.2, 0.25) is 0 Å². The number of para-hydroxylation sites is 1. The van der Waals surface area contributed by atoms with Gasteiger partial charge in [0.05, 0.1) is 37.5 Å². The molecule has 0 bridgehead atoms. The maximum atomic E-state index is 11.1. The molecular weight excluding hydrogens is 344 g/mol. The predicted octanol–water partition coefficient (Wildman–Crippen LogP) is 2.21. The van der Waals surface area contributed by atoms with Crippen LogP contribution in [0.25, 0.3) is 0 Å². The van der Waals surface area contributed by atoms with Crippen molar-refractivity contribution in [1.29, 1.82) is 0 Å². The van der Waals surface area contributed by atoms with Gasteiger partial charge in [-0.05, 0) is 28.1 Å². The van der Waals surface area contributed by atoms with E-state index >= 15 is 0 Å². The average molecular weight is 363 g/mol. The van der Waals surface area contributed by atoms with E-state index in [1.54, 1.807) is 19.2 Å². The highest BCUT2D eigenvalue weighted by Crippen LogP contribution is 2.28. The summed E-state index contributed by atoms with van der Waals surface area (Å²) in [4.78, 5) is 11.1. The molecule has 0 aliphatic carbocycles. The Hall–Kier alpha value is -1.15. The normalized spacial score (nSPS) is 10.6. The van der Waals surface area contributed by atoms with E-state index < -0.39 is 5.97 Å². The maximum absolute atomic E-state index is 11.1. The minimum atomic E-state index is -1.03. The Labute approximate surface area is 132 Å². The number of rotatable bonds is 11. The molecule has 21 heavy (non-hydrogen) atoms. The molecule has 1 aromatic carbocycles. The summed E-state index contributed by atoms with van der Waals surface area (Å²) in [6.07, 6.45) is 0. The van der Waals surface area contributed by atoms with Gasteiger partial charge in [-0.2, -0.15) is 0 Å². The first-order valence-electron chi connectivity index (χ1n) is 6.46. The molecule has 0 unspecified atom stereocenters. The van der Waals surface area contributed by atoms with Crippen LogP contribution in [0.1, 0.15) is 10.4 Å². The molecule has 0 spiro atoms. The van der Waals surface area contributed by atoms with Crippen LogP contribution in [-0.2, 0) is 14.2 Å². The van der Waals surface area contributed by atoms with Gasteiger partial charge in [0.15, 0.2) is 0 Å². The van der Waals surface area contributed by atoms with E-state index in [2.05, 4.69) is 15.9 Å². The maximum Gasteiger partial charge on any atom is 0.339 e. The van der Waals surface area contributed by atoms with Gasteiger partial charge in [-0.3, -0.25) is 0 Å². The zero-order valence-electron chi connectivity index (χ0n) is 11.8. The number of carboxylic acids is 1. The zero-order valence-corrected chi connectivity index (χ0v) is 13.4. The molecule has 0 aromatic heterocycles. The summed E-state index contributed by atoms with van der Waals surface area (Å²) in [5, 5.41) is 9.07. The van der Waals surface area contributed by atoms with Crippen molar-refractivity contribution in [2.45, 2.75) is 0 Å². The summed E-state index contributed by atoms with van der Waals surface area (Å²) in [5.74, 6) is -0.719. The zero-order chi connectivity index (χ0) is 15.5. The Morgan fingerprint density at radius 2 is 1.71 bits per heavy atom. The van der Waals surface area contributed by atoms with E-state index in [4.69, 9.17) is 24.1 Å². The standard InChI is InChI=1S/C14H19BrO6/c1-18-5-6-19-7-8-20-9-10-21-13-11(14(16)17)3-2-4-12(13)15/h2-4H,5-10H2,1H3,(H,16,17). The van der Waals surface area contributed by atoms with Crippen LogP contribution in [0, 0.1) is 0 Å². The smallest absolute Gasteiger partial charge is 0.339 e. The minimum Gasteiger partial charge on any atom is -0.489 e. The molecule has 0 aliphatic rings. The van der Waals surface area contributed by atoms with E-state index in [1.165, 1.54) is 6.07 Å². The molecule has 0 heterocycles. The van der Waals surface area contributed by atoms with E-state index in [9.17, 15) is 4.79 Å². The summed E-state index contributed by atoms with van der Waals surface area (Å²) in [6, 6.07) is 4.87. The molecule has 0 amide bonds. The fraction of sp³-hybridized carbons (Fsp3) is 0.500. The largest absolute Gasteiger partial charge is 0.489 e. The van der Waals surface area contributed by atoms with Crippen LogP contribution < -0.4 is 4.74 Å². The number of aromatic carboxylic acids is 1. The lowest BCUT2D eigenvalue weighted by Gasteiger charge is -2.11. The van der Waals surface area contributed by atoms with Crippen molar-refractivity contribution in [1.82, 2.24) is 0 Å². The summed E-state index contributed by atoms with van der Waals surface area (Å²) in [6.45, 7) is 2.65. The van der Waals surface area contributed by atoms with Crippen molar-refractivity contribution >= 4 is 21.9 Å². The van der Waals surface area contributed by atoms with Crippen LogP contribution in [0.4, 0.5) is 0 Å². The molecule has 0 fully saturated rings. The van der Waals surface area contributed by atoms with Crippen molar-refractivity contribution in [3.05, 3.63) is 28.2 Å². The topological polar surface area (TPSA) is 74.2 Å². The Balaban J connectivity index is 2.23. The van der Waals surface area contributed by atoms with Crippen LogP contribution >= 0.6 is 15.9 Å². The van der Waals surface area contributed by atoms with E-state index in [-0.39, 0.29) is 12.2 Å². The summed E-state index contributed by atoms with van der Waals surface area (Å²) >= 11 is 3.27. The van der Waals surface area contributed by atoms with Crippen LogP contribution in [-0.4, -0.2) is 57.8 Å². The molecule has 0 saturated carbocycles. The number of hydrogen-bond acceptors (Lipinski definition) is 5. The van der Waals surface area contributed by atoms with E-state index in [0.717, 1.165) is 0 Å². The van der Waals surface area contributed by atoms with Gasteiger partial charge in [0, 0.05) is 7.11 Å². The lowest BCUT2D eigenvalue weighted by atomic mass is 10.2. The Bertz CT molecular complexity index is 437. The highest BCUT2D eigenvalue weighted by atomic mass is 79.9. The molecule has 0 radical (unpaired) electrons. The highest BCUT2D eigenvalue weighted by Gasteiger charge is 2.13. The number of ether oxygens (including phenoxy) is 4. The van der Waals surface area contributed by atoms with Gasteiger partial charge in [-0.1, -0.05) is 6.07 Å². The SMILES string of the molecule is COCCOCCOCCOc1c(Br)cccc1C(=O)O. The number of carbonyl (C=O) groups is 1. The van der Waals surface area contributed by atoms with Crippen LogP contribution in [0.15, 0.2) is 22.7 Å². The summed E-state index contributed by atoms with van der Waals surface area (Å²) < 4.78 is 21.5. The molecule has 1 N–H and O–H groups in total. The first-order valence-corrected chi connectivity index (χ1v) is 7.25. The van der Waals surface area contributed by atoms with Crippen molar-refractivity contribution in [3.8, 4) is 5.75 Å². The number of carboxylic acid groups (broad SMARTS) is 1. The van der Waals surface area contributed by atoms with Crippen LogP contribution in [0.2, 0.25) is 0 Å². The molecule has 0 saturated heterocycles. The van der Waals surface area contributed by atoms with Crippen molar-refractivity contribution in [2.24, 2.45) is 0 Å². The molecule has 1 aromatic rings. The first kappa shape index (κ1) is 17.9. The lowest BCUT2D eigenvalue weighted by molar-refractivity contribution is 0.0178. The Morgan fingerprint density at radius 3 is 2.33 bits per heavy atom. The second-order valence-electron chi connectivity index (χ2n) is 3.99. The fourth-order valence-corrected chi connectivity index (χ4v) is 1.97. The second-order valence-corrected chi connectivity index (χ2v) is 4.84. The van der Waals surface area contributed by atoms with Crippen LogP contribution in [0.5, 0.6) is 5.75 Å². The van der Waals surface area contributed by atoms with Gasteiger partial charge in [0.25, 0.3) is 0 Å². The Morgan fingerprint density at radius 1 is 1.10 bits per heavy atom. The third kappa shape index (κ3) is 6.90. The third-order valence-electron chi connectivity index (χ3n) is 2.48. The van der Waals surface area contributed by atoms with Gasteiger partial charge in [-0.25, -0.2) is 4.79 Å². The second kappa shape index (κ2) is 10.6. The van der Waals surface area contributed by atoms with Gasteiger partial charge < -0.3 is 24.1 Å². The molecule has 6 nitrogen and oxygen atoms in total. The molecule has 0 atom stereocenters. The number of hydrogen-bond donors (Lipinski definition) is 1. The first-order chi connectivity index (χ1) is 10.2. The van der Waals surface area contributed by atoms with E-state index in [0.29, 0.717) is 43.3 Å². The van der Waals surface area contributed by atoms with Crippen molar-refractivity contribution in [3.63, 3.8) is 0 Å². The minimum absolute atomic E-state index is 0.118. The monoisotopic (exact) mass is 362 g/mol. The molecule has 0 aliphatic heterocycles. The van der Waals surface area contributed by atoms with Gasteiger partial charge in [-0.15, -0.1) is 0 Å². The number of halogens is 1. The van der Waals surface area contributed by atoms with Crippen molar-refractivity contribution < 1.29 is 28.8 Å². The number of benzene rings is 1. The lowest BCUT2D eigenvalue weighted by Crippen LogP contribution is -2.13. The van der Waals surface area contributed by atoms with Gasteiger partial charge >= 0.3 is 5.97 Å². The molecule has 7 heteroatoms. The number of methoxy groups -OCH3 is 1. The summed E-state index contributed by atoms with van der Waals surface area (Å²) in [7, 11) is 1.62.